The van der Waals surface area contributed by atoms with Crippen molar-refractivity contribution in [2.75, 3.05) is 11.1 Å². The van der Waals surface area contributed by atoms with Gasteiger partial charge in [-0.15, -0.1) is 16.8 Å². The van der Waals surface area contributed by atoms with Crippen molar-refractivity contribution in [1.29, 1.82) is 0 Å². The first-order chi connectivity index (χ1) is 15.8. The third-order valence-corrected chi connectivity index (χ3v) is 5.28. The van der Waals surface area contributed by atoms with E-state index in [2.05, 4.69) is 22.1 Å². The molecule has 1 N–H and O–H groups in total. The summed E-state index contributed by atoms with van der Waals surface area (Å²) >= 11 is 1.11. The zero-order valence-electron chi connectivity index (χ0n) is 17.4. The van der Waals surface area contributed by atoms with E-state index in [1.807, 2.05) is 0 Å². The summed E-state index contributed by atoms with van der Waals surface area (Å²) in [7, 11) is 0. The quantitative estimate of drug-likeness (QED) is 0.199. The molecule has 1 aromatic heterocycles. The molecule has 0 saturated heterocycles. The number of nitrogens with zero attached hydrogens (tertiary/aromatic N) is 4. The first kappa shape index (κ1) is 23.9. The number of ether oxygens (including phenoxy) is 1. The Kier molecular flexibility index (Phi) is 7.72. The largest absolute Gasteiger partial charge is 0.480 e. The lowest BCUT2D eigenvalue weighted by Crippen LogP contribution is -2.15. The van der Waals surface area contributed by atoms with E-state index in [1.165, 1.54) is 30.3 Å². The average Bonchev–Trinajstić information content (AvgIpc) is 3.17. The minimum absolute atomic E-state index is 0.00586. The number of benzene rings is 2. The minimum atomic E-state index is -0.839. The summed E-state index contributed by atoms with van der Waals surface area (Å²) in [5.41, 5.74) is 0.340. The van der Waals surface area contributed by atoms with Gasteiger partial charge in [-0.05, 0) is 31.2 Å². The van der Waals surface area contributed by atoms with Crippen LogP contribution in [0.25, 0.3) is 0 Å². The number of nitro groups is 1. The molecule has 0 saturated carbocycles. The smallest absolute Gasteiger partial charge is 0.269 e. The number of rotatable bonds is 10. The Morgan fingerprint density at radius 3 is 2.67 bits per heavy atom. The number of non-ortho nitro benzene ring substituents is 1. The average molecular weight is 475 g/mol. The molecule has 3 aromatic rings. The van der Waals surface area contributed by atoms with Crippen LogP contribution in [0.4, 0.5) is 20.2 Å². The lowest BCUT2D eigenvalue weighted by molar-refractivity contribution is -0.384. The molecule has 33 heavy (non-hydrogen) atoms. The van der Waals surface area contributed by atoms with E-state index in [0.717, 1.165) is 23.9 Å². The fourth-order valence-corrected chi connectivity index (χ4v) is 3.57. The van der Waals surface area contributed by atoms with E-state index in [1.54, 1.807) is 17.6 Å². The molecule has 172 valence electrons. The van der Waals surface area contributed by atoms with Crippen LogP contribution in [-0.2, 0) is 11.3 Å². The molecular formula is C21H19F2N5O4S. The molecule has 9 nitrogen and oxygen atoms in total. The number of hydrogen-bond acceptors (Lipinski definition) is 7. The topological polar surface area (TPSA) is 112 Å². The Balaban J connectivity index is 1.66. The minimum Gasteiger partial charge on any atom is -0.480 e. The Morgan fingerprint density at radius 1 is 1.30 bits per heavy atom. The Hall–Kier alpha value is -3.80. The standard InChI is InChI=1S/C21H19F2N5O4S/c1-3-10-27-20(13(2)32-18-9-4-14(22)11-17(18)23)25-26-21(27)33-12-19(29)24-15-5-7-16(8-6-15)28(30)31/h3-9,11,13H,1,10,12H2,2H3,(H,24,29). The van der Waals surface area contributed by atoms with Crippen LogP contribution in [0.15, 0.2) is 60.3 Å². The van der Waals surface area contributed by atoms with Crippen molar-refractivity contribution in [1.82, 2.24) is 14.8 Å². The number of allylic oxidation sites excluding steroid dienone is 1. The maximum absolute atomic E-state index is 13.9. The zero-order valence-corrected chi connectivity index (χ0v) is 18.2. The van der Waals surface area contributed by atoms with Crippen molar-refractivity contribution in [3.8, 4) is 5.75 Å². The second-order valence-electron chi connectivity index (χ2n) is 6.72. The number of carbonyl (C=O) groups excluding carboxylic acids is 1. The van der Waals surface area contributed by atoms with Gasteiger partial charge >= 0.3 is 0 Å². The number of thioether (sulfide) groups is 1. The number of halogens is 2. The third kappa shape index (κ3) is 6.13. The van der Waals surface area contributed by atoms with Crippen LogP contribution in [0.1, 0.15) is 18.9 Å². The SMILES string of the molecule is C=CCn1c(SCC(=O)Nc2ccc([N+](=O)[O-])cc2)nnc1C(C)Oc1ccc(F)cc1F. The van der Waals surface area contributed by atoms with E-state index >= 15 is 0 Å². The number of nitrogens with one attached hydrogen (secondary N) is 1. The third-order valence-electron chi connectivity index (χ3n) is 4.31. The van der Waals surface area contributed by atoms with Crippen LogP contribution in [0.3, 0.4) is 0 Å². The molecule has 1 unspecified atom stereocenters. The first-order valence-electron chi connectivity index (χ1n) is 9.61. The van der Waals surface area contributed by atoms with Gasteiger partial charge in [-0.2, -0.15) is 0 Å². The lowest BCUT2D eigenvalue weighted by atomic mass is 10.3. The maximum atomic E-state index is 13.9. The molecule has 0 radical (unpaired) electrons. The molecule has 1 heterocycles. The van der Waals surface area contributed by atoms with Crippen molar-refractivity contribution in [2.24, 2.45) is 0 Å². The van der Waals surface area contributed by atoms with E-state index in [9.17, 15) is 23.7 Å². The van der Waals surface area contributed by atoms with Gasteiger partial charge in [-0.1, -0.05) is 17.8 Å². The van der Waals surface area contributed by atoms with Crippen LogP contribution in [0.5, 0.6) is 5.75 Å². The monoisotopic (exact) mass is 475 g/mol. The Labute approximate surface area is 191 Å². The molecule has 0 bridgehead atoms. The number of hydrogen-bond donors (Lipinski definition) is 1. The number of nitro benzene ring substituents is 1. The van der Waals surface area contributed by atoms with Crippen molar-refractivity contribution < 1.29 is 23.2 Å². The highest BCUT2D eigenvalue weighted by atomic mass is 32.2. The van der Waals surface area contributed by atoms with Crippen molar-refractivity contribution in [2.45, 2.75) is 24.7 Å². The highest BCUT2D eigenvalue weighted by Gasteiger charge is 2.21. The van der Waals surface area contributed by atoms with Gasteiger partial charge in [-0.3, -0.25) is 19.5 Å². The van der Waals surface area contributed by atoms with Crippen LogP contribution in [0.2, 0.25) is 0 Å². The summed E-state index contributed by atoms with van der Waals surface area (Å²) in [5.74, 6) is -1.66. The zero-order chi connectivity index (χ0) is 24.0. The summed E-state index contributed by atoms with van der Waals surface area (Å²) in [6, 6.07) is 8.46. The van der Waals surface area contributed by atoms with Gasteiger partial charge in [0.2, 0.25) is 5.91 Å². The highest BCUT2D eigenvalue weighted by Crippen LogP contribution is 2.27. The van der Waals surface area contributed by atoms with Crippen molar-refractivity contribution in [3.63, 3.8) is 0 Å². The van der Waals surface area contributed by atoms with Gasteiger partial charge in [0.05, 0.1) is 10.7 Å². The van der Waals surface area contributed by atoms with Crippen LogP contribution < -0.4 is 10.1 Å². The Bertz CT molecular complexity index is 1170. The number of carbonyl (C=O) groups is 1. The molecule has 0 aliphatic heterocycles. The predicted molar refractivity (Wildman–Crippen MR) is 118 cm³/mol. The highest BCUT2D eigenvalue weighted by molar-refractivity contribution is 7.99. The van der Waals surface area contributed by atoms with Crippen LogP contribution in [-0.4, -0.2) is 31.3 Å². The number of anilines is 1. The summed E-state index contributed by atoms with van der Waals surface area (Å²) < 4.78 is 34.3. The summed E-state index contributed by atoms with van der Waals surface area (Å²) in [6.45, 7) is 5.65. The maximum Gasteiger partial charge on any atom is 0.269 e. The molecular weight excluding hydrogens is 456 g/mol. The number of amides is 1. The van der Waals surface area contributed by atoms with E-state index in [-0.39, 0.29) is 23.1 Å². The molecule has 2 aromatic carbocycles. The Morgan fingerprint density at radius 2 is 2.03 bits per heavy atom. The lowest BCUT2D eigenvalue weighted by Gasteiger charge is -2.16. The molecule has 1 atom stereocenters. The van der Waals surface area contributed by atoms with Gasteiger partial charge < -0.3 is 10.1 Å². The molecule has 1 amide bonds. The molecule has 0 aliphatic carbocycles. The van der Waals surface area contributed by atoms with Gasteiger partial charge in [-0.25, -0.2) is 8.78 Å². The normalized spacial score (nSPS) is 11.6. The fraction of sp³-hybridized carbons (Fsp3) is 0.190. The molecule has 3 rings (SSSR count). The van der Waals surface area contributed by atoms with Gasteiger partial charge in [0.15, 0.2) is 28.7 Å². The fourth-order valence-electron chi connectivity index (χ4n) is 2.82. The summed E-state index contributed by atoms with van der Waals surface area (Å²) in [6.07, 6.45) is 0.889. The van der Waals surface area contributed by atoms with Crippen molar-refractivity contribution in [3.05, 3.63) is 82.7 Å². The van der Waals surface area contributed by atoms with Gasteiger partial charge in [0, 0.05) is 30.4 Å². The predicted octanol–water partition coefficient (Wildman–Crippen LogP) is 4.52. The van der Waals surface area contributed by atoms with Gasteiger partial charge in [0.1, 0.15) is 5.82 Å². The van der Waals surface area contributed by atoms with E-state index in [4.69, 9.17) is 4.74 Å². The van der Waals surface area contributed by atoms with Gasteiger partial charge in [0.25, 0.3) is 5.69 Å². The molecule has 0 spiro atoms. The number of aromatic nitrogens is 3. The second-order valence-corrected chi connectivity index (χ2v) is 7.66. The van der Waals surface area contributed by atoms with Crippen molar-refractivity contribution >= 4 is 29.0 Å². The first-order valence-corrected chi connectivity index (χ1v) is 10.6. The van der Waals surface area contributed by atoms with E-state index < -0.39 is 22.7 Å². The second kappa shape index (κ2) is 10.7. The molecule has 0 aliphatic rings. The summed E-state index contributed by atoms with van der Waals surface area (Å²) in [5, 5.41) is 21.9. The van der Waals surface area contributed by atoms with Crippen LogP contribution in [0, 0.1) is 21.7 Å². The van der Waals surface area contributed by atoms with E-state index in [0.29, 0.717) is 23.2 Å². The molecule has 0 fully saturated rings. The molecule has 12 heteroatoms. The summed E-state index contributed by atoms with van der Waals surface area (Å²) in [4.78, 5) is 22.5. The van der Waals surface area contributed by atoms with Crippen LogP contribution >= 0.6 is 11.8 Å².